The highest BCUT2D eigenvalue weighted by Gasteiger charge is 2.33. The lowest BCUT2D eigenvalue weighted by atomic mass is 10.1. The highest BCUT2D eigenvalue weighted by molar-refractivity contribution is 5.94. The Morgan fingerprint density at radius 2 is 1.83 bits per heavy atom. The van der Waals surface area contributed by atoms with E-state index in [0.29, 0.717) is 11.4 Å². The van der Waals surface area contributed by atoms with E-state index in [0.717, 1.165) is 6.07 Å². The Morgan fingerprint density at radius 3 is 2.54 bits per heavy atom. The number of para-hydroxylation sites is 1. The van der Waals surface area contributed by atoms with Crippen LogP contribution in [0.15, 0.2) is 54.7 Å². The van der Waals surface area contributed by atoms with Gasteiger partial charge in [0.25, 0.3) is 5.69 Å². The number of nitro groups is 1. The van der Waals surface area contributed by atoms with E-state index in [1.807, 2.05) is 0 Å². The molecule has 0 aliphatic heterocycles. The number of benzene rings is 2. The van der Waals surface area contributed by atoms with Crippen molar-refractivity contribution in [2.45, 2.75) is 6.18 Å². The lowest BCUT2D eigenvalue weighted by molar-refractivity contribution is -0.384. The summed E-state index contributed by atoms with van der Waals surface area (Å²) in [7, 11) is 0. The SMILES string of the molecule is O=[N+]([O-])c1cccc(Nc2ccnc3c(C(F)(F)F)cccc23)c1. The zero-order valence-electron chi connectivity index (χ0n) is 12.0. The predicted octanol–water partition coefficient (Wildman–Crippen LogP) is 4.91. The van der Waals surface area contributed by atoms with Gasteiger partial charge in [-0.15, -0.1) is 0 Å². The molecule has 0 radical (unpaired) electrons. The monoisotopic (exact) mass is 333 g/mol. The number of halogens is 3. The van der Waals surface area contributed by atoms with Crippen molar-refractivity contribution in [2.24, 2.45) is 0 Å². The van der Waals surface area contributed by atoms with E-state index in [1.165, 1.54) is 42.6 Å². The molecule has 5 nitrogen and oxygen atoms in total. The minimum Gasteiger partial charge on any atom is -0.355 e. The van der Waals surface area contributed by atoms with Crippen molar-refractivity contribution < 1.29 is 18.1 Å². The number of aromatic nitrogens is 1. The van der Waals surface area contributed by atoms with Crippen LogP contribution in [0, 0.1) is 10.1 Å². The number of hydrogen-bond acceptors (Lipinski definition) is 4. The van der Waals surface area contributed by atoms with Gasteiger partial charge in [-0.25, -0.2) is 0 Å². The second kappa shape index (κ2) is 5.80. The van der Waals surface area contributed by atoms with Gasteiger partial charge in [-0.1, -0.05) is 18.2 Å². The van der Waals surface area contributed by atoms with Crippen LogP contribution in [-0.4, -0.2) is 9.91 Å². The number of non-ortho nitro benzene ring substituents is 1. The van der Waals surface area contributed by atoms with Gasteiger partial charge in [0.15, 0.2) is 0 Å². The van der Waals surface area contributed by atoms with Gasteiger partial charge in [0.2, 0.25) is 0 Å². The van der Waals surface area contributed by atoms with Crippen molar-refractivity contribution in [2.75, 3.05) is 5.32 Å². The standard InChI is InChI=1S/C16H10F3N3O2/c17-16(18,19)13-6-2-5-12-14(7-8-20-15(12)13)21-10-3-1-4-11(9-10)22(23)24/h1-9H,(H,20,21). The second-order valence-electron chi connectivity index (χ2n) is 4.99. The Balaban J connectivity index is 2.08. The average molecular weight is 333 g/mol. The number of rotatable bonds is 3. The minimum atomic E-state index is -4.52. The third-order valence-corrected chi connectivity index (χ3v) is 3.41. The number of nitrogens with one attached hydrogen (secondary N) is 1. The molecule has 8 heteroatoms. The number of fused-ring (bicyclic) bond motifs is 1. The summed E-state index contributed by atoms with van der Waals surface area (Å²) in [4.78, 5) is 14.1. The van der Waals surface area contributed by atoms with E-state index in [4.69, 9.17) is 0 Å². The zero-order chi connectivity index (χ0) is 17.3. The smallest absolute Gasteiger partial charge is 0.355 e. The molecule has 3 rings (SSSR count). The summed E-state index contributed by atoms with van der Waals surface area (Å²) in [5.41, 5.74) is -0.349. The molecule has 0 unspecified atom stereocenters. The van der Waals surface area contributed by atoms with Crippen LogP contribution in [0.1, 0.15) is 5.56 Å². The average Bonchev–Trinajstić information content (AvgIpc) is 2.54. The molecule has 0 atom stereocenters. The number of pyridine rings is 1. The van der Waals surface area contributed by atoms with E-state index in [9.17, 15) is 23.3 Å². The third kappa shape index (κ3) is 2.98. The summed E-state index contributed by atoms with van der Waals surface area (Å²) in [6.07, 6.45) is -3.26. The summed E-state index contributed by atoms with van der Waals surface area (Å²) in [5, 5.41) is 14.0. The molecule has 0 saturated carbocycles. The fourth-order valence-electron chi connectivity index (χ4n) is 2.37. The van der Waals surface area contributed by atoms with E-state index >= 15 is 0 Å². The topological polar surface area (TPSA) is 68.1 Å². The highest BCUT2D eigenvalue weighted by atomic mass is 19.4. The molecule has 122 valence electrons. The first-order valence-electron chi connectivity index (χ1n) is 6.82. The molecule has 0 saturated heterocycles. The van der Waals surface area contributed by atoms with Crippen molar-refractivity contribution in [3.63, 3.8) is 0 Å². The normalized spacial score (nSPS) is 11.5. The van der Waals surface area contributed by atoms with Gasteiger partial charge >= 0.3 is 6.18 Å². The van der Waals surface area contributed by atoms with E-state index in [1.54, 1.807) is 6.07 Å². The number of nitrogens with zero attached hydrogens (tertiary/aromatic N) is 2. The molecule has 0 bridgehead atoms. The maximum Gasteiger partial charge on any atom is 0.418 e. The number of alkyl halides is 3. The molecule has 3 aromatic rings. The largest absolute Gasteiger partial charge is 0.418 e. The van der Waals surface area contributed by atoms with Crippen LogP contribution < -0.4 is 5.32 Å². The molecular formula is C16H10F3N3O2. The molecule has 0 aliphatic carbocycles. The summed E-state index contributed by atoms with van der Waals surface area (Å²) in [5.74, 6) is 0. The van der Waals surface area contributed by atoms with Crippen molar-refractivity contribution in [3.05, 3.63) is 70.4 Å². The van der Waals surface area contributed by atoms with Crippen LogP contribution in [0.5, 0.6) is 0 Å². The molecule has 0 fully saturated rings. The molecule has 24 heavy (non-hydrogen) atoms. The fraction of sp³-hybridized carbons (Fsp3) is 0.0625. The molecule has 1 heterocycles. The Kier molecular flexibility index (Phi) is 3.80. The summed E-state index contributed by atoms with van der Waals surface area (Å²) in [6, 6.07) is 11.0. The first-order valence-corrected chi connectivity index (χ1v) is 6.82. The van der Waals surface area contributed by atoms with Gasteiger partial charge in [-0.2, -0.15) is 13.2 Å². The van der Waals surface area contributed by atoms with E-state index in [-0.39, 0.29) is 16.6 Å². The summed E-state index contributed by atoms with van der Waals surface area (Å²) in [6.45, 7) is 0. The van der Waals surface area contributed by atoms with Crippen LogP contribution in [0.3, 0.4) is 0 Å². The molecule has 0 spiro atoms. The van der Waals surface area contributed by atoms with Gasteiger partial charge in [0, 0.05) is 35.1 Å². The Hall–Kier alpha value is -3.16. The number of hydrogen-bond donors (Lipinski definition) is 1. The first-order chi connectivity index (χ1) is 11.4. The lowest BCUT2D eigenvalue weighted by Gasteiger charge is -2.13. The van der Waals surface area contributed by atoms with Gasteiger partial charge in [0.1, 0.15) is 0 Å². The van der Waals surface area contributed by atoms with Gasteiger partial charge in [-0.05, 0) is 18.2 Å². The Labute approximate surface area is 133 Å². The molecule has 0 aliphatic rings. The van der Waals surface area contributed by atoms with Crippen LogP contribution in [-0.2, 0) is 6.18 Å². The van der Waals surface area contributed by atoms with Crippen LogP contribution in [0.25, 0.3) is 10.9 Å². The molecule has 1 aromatic heterocycles. The number of anilines is 2. The Bertz CT molecular complexity index is 926. The second-order valence-corrected chi connectivity index (χ2v) is 4.99. The third-order valence-electron chi connectivity index (χ3n) is 3.41. The van der Waals surface area contributed by atoms with Gasteiger partial charge in [0.05, 0.1) is 16.0 Å². The molecule has 1 N–H and O–H groups in total. The molecule has 0 amide bonds. The maximum atomic E-state index is 13.1. The summed E-state index contributed by atoms with van der Waals surface area (Å²) < 4.78 is 39.2. The number of nitro benzene ring substituents is 1. The Morgan fingerprint density at radius 1 is 1.08 bits per heavy atom. The maximum absolute atomic E-state index is 13.1. The zero-order valence-corrected chi connectivity index (χ0v) is 12.0. The molecular weight excluding hydrogens is 323 g/mol. The van der Waals surface area contributed by atoms with Crippen molar-refractivity contribution in [3.8, 4) is 0 Å². The van der Waals surface area contributed by atoms with Crippen molar-refractivity contribution in [1.29, 1.82) is 0 Å². The van der Waals surface area contributed by atoms with Crippen LogP contribution >= 0.6 is 0 Å². The van der Waals surface area contributed by atoms with Gasteiger partial charge in [-0.3, -0.25) is 15.1 Å². The van der Waals surface area contributed by atoms with Crippen molar-refractivity contribution in [1.82, 2.24) is 4.98 Å². The minimum absolute atomic E-state index is 0.116. The predicted molar refractivity (Wildman–Crippen MR) is 83.1 cm³/mol. The van der Waals surface area contributed by atoms with Crippen LogP contribution in [0.2, 0.25) is 0 Å². The van der Waals surface area contributed by atoms with Crippen molar-refractivity contribution >= 4 is 28.0 Å². The van der Waals surface area contributed by atoms with Gasteiger partial charge < -0.3 is 5.32 Å². The van der Waals surface area contributed by atoms with E-state index < -0.39 is 16.7 Å². The van der Waals surface area contributed by atoms with E-state index in [2.05, 4.69) is 10.3 Å². The summed E-state index contributed by atoms with van der Waals surface area (Å²) >= 11 is 0. The highest BCUT2D eigenvalue weighted by Crippen LogP contribution is 2.36. The lowest BCUT2D eigenvalue weighted by Crippen LogP contribution is -2.07. The molecule has 2 aromatic carbocycles. The fourth-order valence-corrected chi connectivity index (χ4v) is 2.37. The van der Waals surface area contributed by atoms with Crippen LogP contribution in [0.4, 0.5) is 30.2 Å². The first kappa shape index (κ1) is 15.7. The quantitative estimate of drug-likeness (QED) is 0.546.